The SMILES string of the molecule is CC(C)CCN1CCC2(CCOc3cc(N4CCOCC4)ccc3S(=O)(=O)N3C[C@H](O)C[C@H]3C(=O)N2)CC1. The first kappa shape index (κ1) is 27.6. The molecule has 1 spiro atoms. The van der Waals surface area contributed by atoms with Gasteiger partial charge in [-0.2, -0.15) is 4.31 Å². The number of likely N-dealkylation sites (tertiary alicyclic amines) is 1. The highest BCUT2D eigenvalue weighted by Crippen LogP contribution is 2.37. The van der Waals surface area contributed by atoms with Crippen molar-refractivity contribution in [2.45, 2.75) is 68.5 Å². The third-order valence-corrected chi connectivity index (χ3v) is 10.4. The molecule has 0 saturated carbocycles. The number of sulfonamides is 1. The Morgan fingerprint density at radius 3 is 2.55 bits per heavy atom. The Morgan fingerprint density at radius 2 is 1.84 bits per heavy atom. The molecule has 2 N–H and O–H groups in total. The first-order chi connectivity index (χ1) is 18.2. The molecule has 212 valence electrons. The lowest BCUT2D eigenvalue weighted by molar-refractivity contribution is -0.127. The number of hydrogen-bond acceptors (Lipinski definition) is 8. The second kappa shape index (κ2) is 11.3. The molecule has 4 aliphatic heterocycles. The van der Waals surface area contributed by atoms with Crippen molar-refractivity contribution in [2.24, 2.45) is 5.92 Å². The predicted octanol–water partition coefficient (Wildman–Crippen LogP) is 1.43. The molecule has 3 saturated heterocycles. The predicted molar refractivity (Wildman–Crippen MR) is 144 cm³/mol. The summed E-state index contributed by atoms with van der Waals surface area (Å²) in [5, 5.41) is 13.7. The highest BCUT2D eigenvalue weighted by molar-refractivity contribution is 7.89. The molecule has 0 aromatic heterocycles. The molecule has 4 heterocycles. The number of morpholine rings is 1. The van der Waals surface area contributed by atoms with E-state index in [-0.39, 0.29) is 23.8 Å². The average Bonchev–Trinajstić information content (AvgIpc) is 3.31. The van der Waals surface area contributed by atoms with Gasteiger partial charge in [-0.05, 0) is 43.9 Å². The lowest BCUT2D eigenvalue weighted by atomic mass is 9.84. The van der Waals surface area contributed by atoms with Gasteiger partial charge in [0.15, 0.2) is 0 Å². The second-order valence-electron chi connectivity index (χ2n) is 11.6. The molecule has 11 heteroatoms. The third kappa shape index (κ3) is 5.82. The van der Waals surface area contributed by atoms with Crippen LogP contribution in [0.4, 0.5) is 5.69 Å². The maximum Gasteiger partial charge on any atom is 0.247 e. The van der Waals surface area contributed by atoms with Gasteiger partial charge in [0.25, 0.3) is 0 Å². The average molecular weight is 551 g/mol. The standard InChI is InChI=1S/C27H42N4O6S/c1-20(2)5-9-29-10-6-27(7-11-29)8-14-37-24-17-21(30-12-15-36-16-13-30)3-4-25(24)38(34,35)31-19-22(32)18-23(31)26(33)28-27/h3-4,17,20,22-23,32H,5-16,18-19H2,1-2H3,(H,28,33)/t22-,23+/m1/s1. The van der Waals surface area contributed by atoms with Crippen molar-refractivity contribution in [1.29, 1.82) is 0 Å². The Kier molecular flexibility index (Phi) is 8.21. The minimum atomic E-state index is -4.08. The van der Waals surface area contributed by atoms with Crippen molar-refractivity contribution in [1.82, 2.24) is 14.5 Å². The number of nitrogens with zero attached hydrogens (tertiary/aromatic N) is 3. The Morgan fingerprint density at radius 1 is 1.11 bits per heavy atom. The van der Waals surface area contributed by atoms with Gasteiger partial charge in [0, 0.05) is 62.9 Å². The van der Waals surface area contributed by atoms with Crippen molar-refractivity contribution < 1.29 is 27.8 Å². The van der Waals surface area contributed by atoms with E-state index in [9.17, 15) is 18.3 Å². The number of carbonyl (C=O) groups is 1. The number of anilines is 1. The number of piperidine rings is 1. The van der Waals surface area contributed by atoms with Crippen molar-refractivity contribution in [3.63, 3.8) is 0 Å². The maximum absolute atomic E-state index is 13.9. The number of ether oxygens (including phenoxy) is 2. The fourth-order valence-electron chi connectivity index (χ4n) is 6.04. The summed E-state index contributed by atoms with van der Waals surface area (Å²) in [5.41, 5.74) is 0.415. The van der Waals surface area contributed by atoms with E-state index in [0.29, 0.717) is 37.9 Å². The van der Waals surface area contributed by atoms with Gasteiger partial charge in [-0.25, -0.2) is 8.42 Å². The molecule has 0 aliphatic carbocycles. The Balaban J connectivity index is 1.44. The molecule has 1 amide bonds. The monoisotopic (exact) mass is 550 g/mol. The number of aliphatic hydroxyl groups excluding tert-OH is 1. The number of fused-ring (bicyclic) bond motifs is 2. The molecular formula is C27H42N4O6S. The molecule has 0 radical (unpaired) electrons. The lowest BCUT2D eigenvalue weighted by Crippen LogP contribution is -2.59. The summed E-state index contributed by atoms with van der Waals surface area (Å²) in [6.45, 7) is 10.1. The van der Waals surface area contributed by atoms with Gasteiger partial charge in [0.2, 0.25) is 15.9 Å². The van der Waals surface area contributed by atoms with E-state index in [4.69, 9.17) is 9.47 Å². The molecule has 2 atom stereocenters. The summed E-state index contributed by atoms with van der Waals surface area (Å²) in [4.78, 5) is 18.3. The van der Waals surface area contributed by atoms with Crippen LogP contribution in [-0.2, 0) is 19.6 Å². The van der Waals surface area contributed by atoms with E-state index < -0.39 is 27.7 Å². The Bertz CT molecular complexity index is 1100. The zero-order valence-corrected chi connectivity index (χ0v) is 23.4. The van der Waals surface area contributed by atoms with Crippen LogP contribution in [0.1, 0.15) is 46.0 Å². The lowest BCUT2D eigenvalue weighted by Gasteiger charge is -2.43. The summed E-state index contributed by atoms with van der Waals surface area (Å²) in [7, 11) is -4.08. The number of carbonyl (C=O) groups excluding carboxylic acids is 1. The molecule has 1 aromatic carbocycles. The molecule has 0 bridgehead atoms. The van der Waals surface area contributed by atoms with Gasteiger partial charge in [-0.15, -0.1) is 0 Å². The number of nitrogens with one attached hydrogen (secondary N) is 1. The van der Waals surface area contributed by atoms with E-state index >= 15 is 0 Å². The van der Waals surface area contributed by atoms with Crippen molar-refractivity contribution in [2.75, 3.05) is 64.0 Å². The molecule has 10 nitrogen and oxygen atoms in total. The number of rotatable bonds is 4. The number of aliphatic hydroxyl groups is 1. The summed E-state index contributed by atoms with van der Waals surface area (Å²) >= 11 is 0. The van der Waals surface area contributed by atoms with Crippen LogP contribution < -0.4 is 15.0 Å². The van der Waals surface area contributed by atoms with Gasteiger partial charge in [0.1, 0.15) is 16.7 Å². The van der Waals surface area contributed by atoms with Crippen LogP contribution in [0.25, 0.3) is 0 Å². The zero-order chi connectivity index (χ0) is 26.9. The normalized spacial score (nSPS) is 28.3. The van der Waals surface area contributed by atoms with Crippen LogP contribution in [-0.4, -0.2) is 105 Å². The van der Waals surface area contributed by atoms with E-state index in [1.54, 1.807) is 18.2 Å². The minimum absolute atomic E-state index is 0.0425. The topological polar surface area (TPSA) is 112 Å². The van der Waals surface area contributed by atoms with Crippen LogP contribution in [0.15, 0.2) is 23.1 Å². The summed E-state index contributed by atoms with van der Waals surface area (Å²) < 4.78 is 40.6. The quantitative estimate of drug-likeness (QED) is 0.579. The third-order valence-electron chi connectivity index (χ3n) is 8.49. The van der Waals surface area contributed by atoms with Gasteiger partial charge in [0.05, 0.1) is 25.9 Å². The van der Waals surface area contributed by atoms with Gasteiger partial charge < -0.3 is 29.7 Å². The van der Waals surface area contributed by atoms with E-state index in [2.05, 4.69) is 29.0 Å². The van der Waals surface area contributed by atoms with Gasteiger partial charge in [-0.3, -0.25) is 4.79 Å². The summed E-state index contributed by atoms with van der Waals surface area (Å²) in [6, 6.07) is 4.22. The van der Waals surface area contributed by atoms with Crippen molar-refractivity contribution in [3.05, 3.63) is 18.2 Å². The maximum atomic E-state index is 13.9. The first-order valence-corrected chi connectivity index (χ1v) is 15.4. The van der Waals surface area contributed by atoms with Crippen LogP contribution in [0.5, 0.6) is 5.75 Å². The van der Waals surface area contributed by atoms with E-state index in [0.717, 1.165) is 57.7 Å². The first-order valence-electron chi connectivity index (χ1n) is 14.0. The number of amides is 1. The second-order valence-corrected chi connectivity index (χ2v) is 13.5. The Labute approximate surface area is 226 Å². The molecule has 3 fully saturated rings. The van der Waals surface area contributed by atoms with Crippen molar-refractivity contribution in [3.8, 4) is 5.75 Å². The minimum Gasteiger partial charge on any atom is -0.492 e. The van der Waals surface area contributed by atoms with Crippen LogP contribution in [0.3, 0.4) is 0 Å². The zero-order valence-electron chi connectivity index (χ0n) is 22.6. The molecule has 1 aromatic rings. The molecule has 38 heavy (non-hydrogen) atoms. The number of hydrogen-bond donors (Lipinski definition) is 2. The fraction of sp³-hybridized carbons (Fsp3) is 0.741. The number of benzene rings is 1. The summed E-state index contributed by atoms with van der Waals surface area (Å²) in [5.74, 6) is 0.614. The van der Waals surface area contributed by atoms with Crippen LogP contribution >= 0.6 is 0 Å². The van der Waals surface area contributed by atoms with Gasteiger partial charge >= 0.3 is 0 Å². The molecule has 0 unspecified atom stereocenters. The van der Waals surface area contributed by atoms with Crippen LogP contribution in [0.2, 0.25) is 0 Å². The van der Waals surface area contributed by atoms with E-state index in [1.165, 1.54) is 4.31 Å². The molecule has 4 aliphatic rings. The van der Waals surface area contributed by atoms with Gasteiger partial charge in [-0.1, -0.05) is 13.8 Å². The highest BCUT2D eigenvalue weighted by atomic mass is 32.2. The molecule has 5 rings (SSSR count). The van der Waals surface area contributed by atoms with Crippen molar-refractivity contribution >= 4 is 21.6 Å². The summed E-state index contributed by atoms with van der Waals surface area (Å²) in [6.07, 6.45) is 2.48. The smallest absolute Gasteiger partial charge is 0.247 e. The Hall–Kier alpha value is -1.92. The fourth-order valence-corrected chi connectivity index (χ4v) is 7.79. The highest BCUT2D eigenvalue weighted by Gasteiger charge is 2.47. The molecular weight excluding hydrogens is 508 g/mol. The largest absolute Gasteiger partial charge is 0.492 e. The van der Waals surface area contributed by atoms with Crippen LogP contribution in [0, 0.1) is 5.92 Å². The van der Waals surface area contributed by atoms with E-state index in [1.807, 2.05) is 0 Å².